The summed E-state index contributed by atoms with van der Waals surface area (Å²) >= 11 is 0. The van der Waals surface area contributed by atoms with Gasteiger partial charge in [-0.25, -0.2) is 0 Å². The highest BCUT2D eigenvalue weighted by Gasteiger charge is 2.34. The molecule has 5 heteroatoms. The number of hydrogen-bond donors (Lipinski definition) is 0. The number of hydrogen-bond acceptors (Lipinski definition) is 2. The maximum atomic E-state index is 13.1. The van der Waals surface area contributed by atoms with E-state index >= 15 is 0 Å². The first-order valence-corrected chi connectivity index (χ1v) is 8.15. The number of likely N-dealkylation sites (tertiary alicyclic amines) is 2. The van der Waals surface area contributed by atoms with Gasteiger partial charge in [-0.05, 0) is 56.9 Å². The minimum atomic E-state index is -4.26. The Labute approximate surface area is 129 Å². The second-order valence-corrected chi connectivity index (χ2v) is 6.43. The van der Waals surface area contributed by atoms with Crippen LogP contribution in [0.25, 0.3) is 0 Å². The van der Waals surface area contributed by atoms with Crippen LogP contribution >= 0.6 is 0 Å². The summed E-state index contributed by atoms with van der Waals surface area (Å²) < 4.78 is 39.3. The SMILES string of the molecule is FC(F)(F)c1ccccc1CN1CCCC(N2CCCC2)C1. The number of alkyl halides is 3. The average molecular weight is 312 g/mol. The monoisotopic (exact) mass is 312 g/mol. The van der Waals surface area contributed by atoms with E-state index in [0.29, 0.717) is 18.2 Å². The van der Waals surface area contributed by atoms with Crippen molar-refractivity contribution in [3.63, 3.8) is 0 Å². The summed E-state index contributed by atoms with van der Waals surface area (Å²) in [6.45, 7) is 4.50. The molecular formula is C17H23F3N2. The van der Waals surface area contributed by atoms with Gasteiger partial charge in [-0.3, -0.25) is 9.80 Å². The molecule has 0 bridgehead atoms. The van der Waals surface area contributed by atoms with Crippen LogP contribution in [-0.4, -0.2) is 42.0 Å². The maximum absolute atomic E-state index is 13.1. The molecule has 0 aliphatic carbocycles. The van der Waals surface area contributed by atoms with Crippen molar-refractivity contribution < 1.29 is 13.2 Å². The summed E-state index contributed by atoms with van der Waals surface area (Å²) in [7, 11) is 0. The molecule has 0 saturated carbocycles. The molecule has 22 heavy (non-hydrogen) atoms. The fraction of sp³-hybridized carbons (Fsp3) is 0.647. The quantitative estimate of drug-likeness (QED) is 0.838. The van der Waals surface area contributed by atoms with Gasteiger partial charge in [-0.15, -0.1) is 0 Å². The molecule has 2 nitrogen and oxygen atoms in total. The molecule has 2 aliphatic rings. The number of benzene rings is 1. The van der Waals surface area contributed by atoms with Gasteiger partial charge in [-0.1, -0.05) is 18.2 Å². The predicted molar refractivity (Wildman–Crippen MR) is 80.6 cm³/mol. The Morgan fingerprint density at radius 2 is 1.73 bits per heavy atom. The molecule has 0 spiro atoms. The van der Waals surface area contributed by atoms with Crippen molar-refractivity contribution >= 4 is 0 Å². The van der Waals surface area contributed by atoms with Crippen LogP contribution in [0.4, 0.5) is 13.2 Å². The highest BCUT2D eigenvalue weighted by Crippen LogP contribution is 2.33. The summed E-state index contributed by atoms with van der Waals surface area (Å²) in [6, 6.07) is 6.50. The van der Waals surface area contributed by atoms with E-state index < -0.39 is 11.7 Å². The van der Waals surface area contributed by atoms with E-state index in [2.05, 4.69) is 9.80 Å². The standard InChI is InChI=1S/C17H23F3N2/c18-17(19,20)16-8-2-1-6-14(16)12-21-9-5-7-15(13-21)22-10-3-4-11-22/h1-2,6,8,15H,3-5,7,9-13H2. The normalized spacial score (nSPS) is 24.8. The van der Waals surface area contributed by atoms with Gasteiger partial charge in [0.1, 0.15) is 0 Å². The van der Waals surface area contributed by atoms with Gasteiger partial charge in [-0.2, -0.15) is 13.2 Å². The first-order chi connectivity index (χ1) is 10.5. The van der Waals surface area contributed by atoms with Crippen molar-refractivity contribution in [3.8, 4) is 0 Å². The van der Waals surface area contributed by atoms with Gasteiger partial charge in [0.15, 0.2) is 0 Å². The zero-order chi connectivity index (χ0) is 15.6. The fourth-order valence-corrected chi connectivity index (χ4v) is 3.76. The molecular weight excluding hydrogens is 289 g/mol. The zero-order valence-electron chi connectivity index (χ0n) is 12.8. The second-order valence-electron chi connectivity index (χ2n) is 6.43. The zero-order valence-corrected chi connectivity index (χ0v) is 12.8. The summed E-state index contributed by atoms with van der Waals surface area (Å²) in [5, 5.41) is 0. The van der Waals surface area contributed by atoms with E-state index in [-0.39, 0.29) is 0 Å². The molecule has 2 fully saturated rings. The summed E-state index contributed by atoms with van der Waals surface area (Å²) in [4.78, 5) is 4.71. The van der Waals surface area contributed by atoms with Crippen LogP contribution in [0.1, 0.15) is 36.8 Å². The third-order valence-corrected chi connectivity index (χ3v) is 4.85. The van der Waals surface area contributed by atoms with E-state index in [0.717, 1.165) is 32.6 Å². The van der Waals surface area contributed by atoms with E-state index in [1.54, 1.807) is 12.1 Å². The lowest BCUT2D eigenvalue weighted by Gasteiger charge is -2.37. The third kappa shape index (κ3) is 3.63. The van der Waals surface area contributed by atoms with Crippen LogP contribution in [0.5, 0.6) is 0 Å². The summed E-state index contributed by atoms with van der Waals surface area (Å²) in [6.07, 6.45) is 0.508. The Morgan fingerprint density at radius 1 is 1.00 bits per heavy atom. The number of nitrogens with zero attached hydrogens (tertiary/aromatic N) is 2. The number of halogens is 3. The number of piperidine rings is 1. The summed E-state index contributed by atoms with van der Waals surface area (Å²) in [5.74, 6) is 0. The lowest BCUT2D eigenvalue weighted by Crippen LogP contribution is -2.46. The molecule has 1 unspecified atom stereocenters. The van der Waals surface area contributed by atoms with E-state index in [1.807, 2.05) is 0 Å². The van der Waals surface area contributed by atoms with Crippen molar-refractivity contribution in [1.29, 1.82) is 0 Å². The summed E-state index contributed by atoms with van der Waals surface area (Å²) in [5.41, 5.74) is -0.0876. The van der Waals surface area contributed by atoms with Crippen molar-refractivity contribution in [2.24, 2.45) is 0 Å². The van der Waals surface area contributed by atoms with Crippen molar-refractivity contribution in [1.82, 2.24) is 9.80 Å². The Balaban J connectivity index is 1.68. The fourth-order valence-electron chi connectivity index (χ4n) is 3.76. The smallest absolute Gasteiger partial charge is 0.299 e. The van der Waals surface area contributed by atoms with Gasteiger partial charge in [0.05, 0.1) is 5.56 Å². The Hall–Kier alpha value is -1.07. The molecule has 0 radical (unpaired) electrons. The number of rotatable bonds is 3. The van der Waals surface area contributed by atoms with E-state index in [9.17, 15) is 13.2 Å². The van der Waals surface area contributed by atoms with Crippen LogP contribution in [0.2, 0.25) is 0 Å². The molecule has 1 aromatic rings. The molecule has 0 aromatic heterocycles. The van der Waals surface area contributed by atoms with Gasteiger partial charge >= 0.3 is 6.18 Å². The Morgan fingerprint density at radius 3 is 2.45 bits per heavy atom. The molecule has 122 valence electrons. The maximum Gasteiger partial charge on any atom is 0.416 e. The highest BCUT2D eigenvalue weighted by atomic mass is 19.4. The molecule has 0 N–H and O–H groups in total. The van der Waals surface area contributed by atoms with Gasteiger partial charge in [0.25, 0.3) is 0 Å². The van der Waals surface area contributed by atoms with Crippen LogP contribution < -0.4 is 0 Å². The first-order valence-electron chi connectivity index (χ1n) is 8.15. The largest absolute Gasteiger partial charge is 0.416 e. The van der Waals surface area contributed by atoms with Crippen LogP contribution in [-0.2, 0) is 12.7 Å². The van der Waals surface area contributed by atoms with Crippen LogP contribution in [0.15, 0.2) is 24.3 Å². The Kier molecular flexibility index (Phi) is 4.73. The van der Waals surface area contributed by atoms with Crippen LogP contribution in [0, 0.1) is 0 Å². The highest BCUT2D eigenvalue weighted by molar-refractivity contribution is 5.29. The van der Waals surface area contributed by atoms with Gasteiger partial charge in [0, 0.05) is 19.1 Å². The lowest BCUT2D eigenvalue weighted by molar-refractivity contribution is -0.138. The average Bonchev–Trinajstić information content (AvgIpc) is 3.01. The molecule has 1 atom stereocenters. The molecule has 0 amide bonds. The second kappa shape index (κ2) is 6.59. The Bertz CT molecular complexity index is 495. The van der Waals surface area contributed by atoms with Crippen molar-refractivity contribution in [2.75, 3.05) is 26.2 Å². The first kappa shape index (κ1) is 15.8. The van der Waals surface area contributed by atoms with Gasteiger partial charge < -0.3 is 0 Å². The van der Waals surface area contributed by atoms with E-state index in [1.165, 1.54) is 31.4 Å². The molecule has 2 saturated heterocycles. The van der Waals surface area contributed by atoms with E-state index in [4.69, 9.17) is 0 Å². The molecule has 1 aromatic carbocycles. The topological polar surface area (TPSA) is 6.48 Å². The molecule has 3 rings (SSSR count). The minimum absolute atomic E-state index is 0.400. The third-order valence-electron chi connectivity index (χ3n) is 4.85. The minimum Gasteiger partial charge on any atom is -0.299 e. The molecule has 2 aliphatic heterocycles. The van der Waals surface area contributed by atoms with Crippen molar-refractivity contribution in [3.05, 3.63) is 35.4 Å². The molecule has 2 heterocycles. The van der Waals surface area contributed by atoms with Crippen LogP contribution in [0.3, 0.4) is 0 Å². The van der Waals surface area contributed by atoms with Crippen molar-refractivity contribution in [2.45, 2.75) is 44.4 Å². The lowest BCUT2D eigenvalue weighted by atomic mass is 10.0. The predicted octanol–water partition coefficient (Wildman–Crippen LogP) is 3.77. The van der Waals surface area contributed by atoms with Gasteiger partial charge in [0.2, 0.25) is 0 Å².